The Morgan fingerprint density at radius 2 is 1.88 bits per heavy atom. The van der Waals surface area contributed by atoms with Gasteiger partial charge in [-0.05, 0) is 11.5 Å². The standard InChI is InChI=1S/C11H8F3N3/c12-11(13,14)10(15)17-9-8-4-2-1-3-7(8)5-6-16-9/h1-6H,(H2,15,16,17). The molecule has 0 aliphatic heterocycles. The van der Waals surface area contributed by atoms with E-state index in [4.69, 9.17) is 5.73 Å². The molecule has 1 heterocycles. The van der Waals surface area contributed by atoms with Crippen molar-refractivity contribution in [1.29, 1.82) is 0 Å². The number of aromatic nitrogens is 1. The largest absolute Gasteiger partial charge is 0.449 e. The predicted octanol–water partition coefficient (Wildman–Crippen LogP) is 2.79. The molecular formula is C11H8F3N3. The molecule has 0 fully saturated rings. The highest BCUT2D eigenvalue weighted by Crippen LogP contribution is 2.25. The minimum absolute atomic E-state index is 0.0297. The molecule has 0 amide bonds. The van der Waals surface area contributed by atoms with Crippen LogP contribution >= 0.6 is 0 Å². The van der Waals surface area contributed by atoms with Crippen LogP contribution in [-0.2, 0) is 0 Å². The molecular weight excluding hydrogens is 231 g/mol. The average Bonchev–Trinajstić information content (AvgIpc) is 2.28. The summed E-state index contributed by atoms with van der Waals surface area (Å²) in [7, 11) is 0. The summed E-state index contributed by atoms with van der Waals surface area (Å²) in [5.74, 6) is -1.43. The first kappa shape index (κ1) is 11.4. The molecule has 2 N–H and O–H groups in total. The highest BCUT2D eigenvalue weighted by molar-refractivity contribution is 5.95. The van der Waals surface area contributed by atoms with E-state index < -0.39 is 12.0 Å². The summed E-state index contributed by atoms with van der Waals surface area (Å²) >= 11 is 0. The average molecular weight is 239 g/mol. The number of nitrogens with two attached hydrogens (primary N) is 1. The van der Waals surface area contributed by atoms with Crippen LogP contribution in [-0.4, -0.2) is 17.0 Å². The lowest BCUT2D eigenvalue weighted by Gasteiger charge is -2.05. The van der Waals surface area contributed by atoms with Gasteiger partial charge in [0.25, 0.3) is 0 Å². The summed E-state index contributed by atoms with van der Waals surface area (Å²) in [5.41, 5.74) is 4.86. The second kappa shape index (κ2) is 4.04. The van der Waals surface area contributed by atoms with Crippen molar-refractivity contribution in [2.45, 2.75) is 6.18 Å². The lowest BCUT2D eigenvalue weighted by Crippen LogP contribution is -2.30. The molecule has 0 spiro atoms. The molecule has 2 rings (SSSR count). The Labute approximate surface area is 94.8 Å². The molecule has 88 valence electrons. The molecule has 2 aromatic rings. The number of nitrogens with zero attached hydrogens (tertiary/aromatic N) is 2. The van der Waals surface area contributed by atoms with Crippen molar-refractivity contribution in [1.82, 2.24) is 4.98 Å². The number of halogens is 3. The molecule has 0 saturated heterocycles. The molecule has 0 unspecified atom stereocenters. The maximum Gasteiger partial charge on any atom is 0.449 e. The van der Waals surface area contributed by atoms with Crippen LogP contribution in [0.15, 0.2) is 41.5 Å². The van der Waals surface area contributed by atoms with Gasteiger partial charge in [0.05, 0.1) is 0 Å². The van der Waals surface area contributed by atoms with E-state index in [0.29, 0.717) is 5.39 Å². The molecule has 0 bridgehead atoms. The van der Waals surface area contributed by atoms with E-state index in [0.717, 1.165) is 5.39 Å². The lowest BCUT2D eigenvalue weighted by atomic mass is 10.2. The number of benzene rings is 1. The Hall–Kier alpha value is -2.11. The molecule has 1 aromatic carbocycles. The minimum atomic E-state index is -4.64. The molecule has 3 nitrogen and oxygen atoms in total. The van der Waals surface area contributed by atoms with E-state index in [1.165, 1.54) is 6.20 Å². The van der Waals surface area contributed by atoms with E-state index >= 15 is 0 Å². The van der Waals surface area contributed by atoms with Crippen LogP contribution in [0.4, 0.5) is 19.0 Å². The molecule has 0 atom stereocenters. The summed E-state index contributed by atoms with van der Waals surface area (Å²) in [6, 6.07) is 8.58. The van der Waals surface area contributed by atoms with E-state index in [9.17, 15) is 13.2 Å². The second-order valence-corrected chi connectivity index (χ2v) is 3.35. The summed E-state index contributed by atoms with van der Waals surface area (Å²) in [4.78, 5) is 7.11. The van der Waals surface area contributed by atoms with E-state index in [1.54, 1.807) is 30.3 Å². The van der Waals surface area contributed by atoms with Crippen molar-refractivity contribution in [2.75, 3.05) is 0 Å². The Bertz CT molecular complexity index is 570. The Morgan fingerprint density at radius 1 is 1.18 bits per heavy atom. The summed E-state index contributed by atoms with van der Waals surface area (Å²) in [5, 5.41) is 1.29. The van der Waals surface area contributed by atoms with Crippen molar-refractivity contribution in [3.63, 3.8) is 0 Å². The van der Waals surface area contributed by atoms with Gasteiger partial charge in [-0.25, -0.2) is 9.98 Å². The van der Waals surface area contributed by atoms with E-state index in [-0.39, 0.29) is 5.82 Å². The Kier molecular flexibility index (Phi) is 2.71. The topological polar surface area (TPSA) is 51.3 Å². The van der Waals surface area contributed by atoms with Crippen LogP contribution in [0.5, 0.6) is 0 Å². The zero-order valence-electron chi connectivity index (χ0n) is 8.57. The predicted molar refractivity (Wildman–Crippen MR) is 59.1 cm³/mol. The highest BCUT2D eigenvalue weighted by atomic mass is 19.4. The minimum Gasteiger partial charge on any atom is -0.380 e. The number of alkyl halides is 3. The van der Waals surface area contributed by atoms with Crippen LogP contribution < -0.4 is 5.73 Å². The third-order valence-electron chi connectivity index (χ3n) is 2.17. The summed E-state index contributed by atoms with van der Waals surface area (Å²) in [6.07, 6.45) is -3.25. The molecule has 1 aromatic heterocycles. The quantitative estimate of drug-likeness (QED) is 0.614. The fourth-order valence-electron chi connectivity index (χ4n) is 1.37. The number of hydrogen-bond acceptors (Lipinski definition) is 2. The first-order chi connectivity index (χ1) is 7.98. The molecule has 6 heteroatoms. The zero-order valence-corrected chi connectivity index (χ0v) is 8.57. The van der Waals surface area contributed by atoms with Gasteiger partial charge < -0.3 is 5.73 Å². The van der Waals surface area contributed by atoms with Crippen molar-refractivity contribution in [3.8, 4) is 0 Å². The Morgan fingerprint density at radius 3 is 2.59 bits per heavy atom. The number of fused-ring (bicyclic) bond motifs is 1. The van der Waals surface area contributed by atoms with Crippen molar-refractivity contribution < 1.29 is 13.2 Å². The molecule has 17 heavy (non-hydrogen) atoms. The smallest absolute Gasteiger partial charge is 0.380 e. The number of pyridine rings is 1. The van der Waals surface area contributed by atoms with Crippen molar-refractivity contribution >= 4 is 22.4 Å². The molecule has 0 aliphatic carbocycles. The van der Waals surface area contributed by atoms with Gasteiger partial charge in [0.15, 0.2) is 5.82 Å². The molecule has 0 radical (unpaired) electrons. The SMILES string of the molecule is NC(=Nc1nccc2ccccc12)C(F)(F)F. The van der Waals surface area contributed by atoms with Gasteiger partial charge in [-0.3, -0.25) is 0 Å². The number of hydrogen-bond donors (Lipinski definition) is 1. The van der Waals surface area contributed by atoms with Gasteiger partial charge in [-0.15, -0.1) is 0 Å². The van der Waals surface area contributed by atoms with Crippen molar-refractivity contribution in [2.24, 2.45) is 10.7 Å². The van der Waals surface area contributed by atoms with Crippen molar-refractivity contribution in [3.05, 3.63) is 36.5 Å². The van der Waals surface area contributed by atoms with Crippen LogP contribution in [0.25, 0.3) is 10.8 Å². The van der Waals surface area contributed by atoms with Crippen LogP contribution in [0.3, 0.4) is 0 Å². The first-order valence-electron chi connectivity index (χ1n) is 4.73. The molecule has 0 aliphatic rings. The van der Waals surface area contributed by atoms with E-state index in [1.807, 2.05) is 0 Å². The van der Waals surface area contributed by atoms with Gasteiger partial charge in [0.1, 0.15) is 0 Å². The van der Waals surface area contributed by atoms with E-state index in [2.05, 4.69) is 9.98 Å². The van der Waals surface area contributed by atoms with Gasteiger partial charge in [0.2, 0.25) is 5.84 Å². The van der Waals surface area contributed by atoms with Gasteiger partial charge in [-0.1, -0.05) is 24.3 Å². The third kappa shape index (κ3) is 2.35. The first-order valence-corrected chi connectivity index (χ1v) is 4.73. The van der Waals surface area contributed by atoms with Crippen LogP contribution in [0.2, 0.25) is 0 Å². The maximum atomic E-state index is 12.3. The zero-order chi connectivity index (χ0) is 12.5. The maximum absolute atomic E-state index is 12.3. The Balaban J connectivity index is 2.57. The van der Waals surface area contributed by atoms with Gasteiger partial charge in [0, 0.05) is 11.6 Å². The van der Waals surface area contributed by atoms with Gasteiger partial charge in [-0.2, -0.15) is 13.2 Å². The van der Waals surface area contributed by atoms with Crippen LogP contribution in [0.1, 0.15) is 0 Å². The van der Waals surface area contributed by atoms with Crippen LogP contribution in [0, 0.1) is 0 Å². The molecule has 0 saturated carbocycles. The second-order valence-electron chi connectivity index (χ2n) is 3.35. The fourth-order valence-corrected chi connectivity index (χ4v) is 1.37. The highest BCUT2D eigenvalue weighted by Gasteiger charge is 2.33. The fraction of sp³-hybridized carbons (Fsp3) is 0.0909. The third-order valence-corrected chi connectivity index (χ3v) is 2.17. The lowest BCUT2D eigenvalue weighted by molar-refractivity contribution is -0.0597. The number of amidine groups is 1. The van der Waals surface area contributed by atoms with Gasteiger partial charge >= 0.3 is 6.18 Å². The summed E-state index contributed by atoms with van der Waals surface area (Å²) < 4.78 is 36.8. The normalized spacial score (nSPS) is 13.0. The monoisotopic (exact) mass is 239 g/mol. The number of aliphatic imine (C=N–C) groups is 1. The number of rotatable bonds is 1. The summed E-state index contributed by atoms with van der Waals surface area (Å²) in [6.45, 7) is 0.